The number of halogens is 1. The van der Waals surface area contributed by atoms with Crippen LogP contribution in [0.3, 0.4) is 0 Å². The van der Waals surface area contributed by atoms with Gasteiger partial charge in [0, 0.05) is 18.1 Å². The number of hydrogen-bond acceptors (Lipinski definition) is 3. The minimum atomic E-state index is 0.174. The van der Waals surface area contributed by atoms with Gasteiger partial charge in [0.1, 0.15) is 0 Å². The summed E-state index contributed by atoms with van der Waals surface area (Å²) in [5, 5.41) is 13.7. The molecule has 0 atom stereocenters. The van der Waals surface area contributed by atoms with Crippen LogP contribution in [-0.4, -0.2) is 11.7 Å². The number of ether oxygens (including phenoxy) is 1. The SMILES string of the molecule is CCOc1cc(CNCc2ccc(Cl)cc2)ccc1O. The van der Waals surface area contributed by atoms with Crippen LogP contribution >= 0.6 is 11.6 Å². The highest BCUT2D eigenvalue weighted by Crippen LogP contribution is 2.26. The number of phenols is 1. The van der Waals surface area contributed by atoms with Gasteiger partial charge in [-0.2, -0.15) is 0 Å². The van der Waals surface area contributed by atoms with Crippen molar-refractivity contribution in [1.29, 1.82) is 0 Å². The van der Waals surface area contributed by atoms with Crippen molar-refractivity contribution in [2.45, 2.75) is 20.0 Å². The second kappa shape index (κ2) is 7.17. The van der Waals surface area contributed by atoms with Crippen LogP contribution in [0, 0.1) is 0 Å². The molecule has 0 fully saturated rings. The third-order valence-electron chi connectivity index (χ3n) is 2.90. The van der Waals surface area contributed by atoms with Gasteiger partial charge in [0.2, 0.25) is 0 Å². The quantitative estimate of drug-likeness (QED) is 0.852. The number of benzene rings is 2. The molecule has 0 bridgehead atoms. The van der Waals surface area contributed by atoms with Gasteiger partial charge in [-0.3, -0.25) is 0 Å². The Morgan fingerprint density at radius 3 is 2.40 bits per heavy atom. The predicted octanol–water partition coefficient (Wildman–Crippen LogP) is 3.73. The second-order valence-corrected chi connectivity index (χ2v) is 4.90. The fraction of sp³-hybridized carbons (Fsp3) is 0.250. The molecule has 2 aromatic carbocycles. The number of rotatable bonds is 6. The molecule has 0 saturated heterocycles. The fourth-order valence-electron chi connectivity index (χ4n) is 1.89. The molecule has 2 aromatic rings. The van der Waals surface area contributed by atoms with Gasteiger partial charge < -0.3 is 15.2 Å². The van der Waals surface area contributed by atoms with Gasteiger partial charge in [0.15, 0.2) is 11.5 Å². The first kappa shape index (κ1) is 14.7. The molecule has 0 radical (unpaired) electrons. The Kier molecular flexibility index (Phi) is 5.27. The molecule has 106 valence electrons. The molecule has 0 saturated carbocycles. The van der Waals surface area contributed by atoms with E-state index < -0.39 is 0 Å². The zero-order valence-electron chi connectivity index (χ0n) is 11.4. The fourth-order valence-corrected chi connectivity index (χ4v) is 2.02. The molecule has 0 aliphatic carbocycles. The zero-order valence-corrected chi connectivity index (χ0v) is 12.2. The third kappa shape index (κ3) is 4.15. The van der Waals surface area contributed by atoms with Crippen LogP contribution in [0.1, 0.15) is 18.1 Å². The van der Waals surface area contributed by atoms with Crippen LogP contribution in [0.4, 0.5) is 0 Å². The van der Waals surface area contributed by atoms with E-state index in [9.17, 15) is 5.11 Å². The number of hydrogen-bond donors (Lipinski definition) is 2. The summed E-state index contributed by atoms with van der Waals surface area (Å²) >= 11 is 5.85. The van der Waals surface area contributed by atoms with Crippen molar-refractivity contribution >= 4 is 11.6 Å². The van der Waals surface area contributed by atoms with E-state index in [2.05, 4.69) is 5.32 Å². The summed E-state index contributed by atoms with van der Waals surface area (Å²) in [5.74, 6) is 0.701. The summed E-state index contributed by atoms with van der Waals surface area (Å²) in [6.45, 7) is 3.91. The first-order valence-corrected chi connectivity index (χ1v) is 6.96. The Hall–Kier alpha value is -1.71. The van der Waals surface area contributed by atoms with E-state index in [0.717, 1.165) is 17.1 Å². The van der Waals surface area contributed by atoms with E-state index in [-0.39, 0.29) is 5.75 Å². The lowest BCUT2D eigenvalue weighted by Gasteiger charge is -2.09. The monoisotopic (exact) mass is 291 g/mol. The van der Waals surface area contributed by atoms with E-state index in [4.69, 9.17) is 16.3 Å². The van der Waals surface area contributed by atoms with Crippen LogP contribution in [-0.2, 0) is 13.1 Å². The first-order valence-electron chi connectivity index (χ1n) is 6.59. The molecule has 2 N–H and O–H groups in total. The van der Waals surface area contributed by atoms with Crippen LogP contribution in [0.2, 0.25) is 5.02 Å². The number of nitrogens with one attached hydrogen (secondary N) is 1. The molecule has 0 aliphatic rings. The van der Waals surface area contributed by atoms with Crippen molar-refractivity contribution in [3.05, 3.63) is 58.6 Å². The maximum atomic E-state index is 9.64. The van der Waals surface area contributed by atoms with E-state index >= 15 is 0 Å². The Morgan fingerprint density at radius 1 is 1.05 bits per heavy atom. The van der Waals surface area contributed by atoms with Crippen molar-refractivity contribution in [2.75, 3.05) is 6.61 Å². The van der Waals surface area contributed by atoms with Crippen molar-refractivity contribution < 1.29 is 9.84 Å². The highest BCUT2D eigenvalue weighted by molar-refractivity contribution is 6.30. The summed E-state index contributed by atoms with van der Waals surface area (Å²) in [5.41, 5.74) is 2.25. The summed E-state index contributed by atoms with van der Waals surface area (Å²) in [6, 6.07) is 13.2. The van der Waals surface area contributed by atoms with Crippen molar-refractivity contribution in [3.63, 3.8) is 0 Å². The molecule has 0 spiro atoms. The van der Waals surface area contributed by atoms with E-state index in [1.165, 1.54) is 5.56 Å². The minimum Gasteiger partial charge on any atom is -0.504 e. The summed E-state index contributed by atoms with van der Waals surface area (Å²) < 4.78 is 5.36. The lowest BCUT2D eigenvalue weighted by Crippen LogP contribution is -2.12. The van der Waals surface area contributed by atoms with Gasteiger partial charge >= 0.3 is 0 Å². The topological polar surface area (TPSA) is 41.5 Å². The van der Waals surface area contributed by atoms with E-state index in [0.29, 0.717) is 18.9 Å². The average molecular weight is 292 g/mol. The lowest BCUT2D eigenvalue weighted by molar-refractivity contribution is 0.317. The van der Waals surface area contributed by atoms with Gasteiger partial charge in [-0.05, 0) is 42.3 Å². The maximum Gasteiger partial charge on any atom is 0.161 e. The van der Waals surface area contributed by atoms with Gasteiger partial charge in [0.25, 0.3) is 0 Å². The maximum absolute atomic E-state index is 9.64. The molecule has 3 nitrogen and oxygen atoms in total. The Bertz CT molecular complexity index is 555. The van der Waals surface area contributed by atoms with Crippen LogP contribution < -0.4 is 10.1 Å². The standard InChI is InChI=1S/C16H18ClNO2/c1-2-20-16-9-13(5-8-15(16)19)11-18-10-12-3-6-14(17)7-4-12/h3-9,18-19H,2,10-11H2,1H3. The van der Waals surface area contributed by atoms with Crippen molar-refractivity contribution in [2.24, 2.45) is 0 Å². The molecule has 0 aromatic heterocycles. The van der Waals surface area contributed by atoms with Gasteiger partial charge in [-0.1, -0.05) is 29.8 Å². The molecule has 0 amide bonds. The largest absolute Gasteiger partial charge is 0.504 e. The smallest absolute Gasteiger partial charge is 0.161 e. The summed E-state index contributed by atoms with van der Waals surface area (Å²) in [7, 11) is 0. The Balaban J connectivity index is 1.90. The third-order valence-corrected chi connectivity index (χ3v) is 3.15. The van der Waals surface area contributed by atoms with Crippen LogP contribution in [0.15, 0.2) is 42.5 Å². The zero-order chi connectivity index (χ0) is 14.4. The van der Waals surface area contributed by atoms with E-state index in [1.807, 2.05) is 43.3 Å². The van der Waals surface area contributed by atoms with Gasteiger partial charge in [0.05, 0.1) is 6.61 Å². The average Bonchev–Trinajstić information content (AvgIpc) is 2.45. The molecule has 2 rings (SSSR count). The Labute approximate surface area is 124 Å². The van der Waals surface area contributed by atoms with Gasteiger partial charge in [-0.15, -0.1) is 0 Å². The molecular weight excluding hydrogens is 274 g/mol. The van der Waals surface area contributed by atoms with Gasteiger partial charge in [-0.25, -0.2) is 0 Å². The number of aromatic hydroxyl groups is 1. The highest BCUT2D eigenvalue weighted by atomic mass is 35.5. The van der Waals surface area contributed by atoms with Crippen LogP contribution in [0.25, 0.3) is 0 Å². The highest BCUT2D eigenvalue weighted by Gasteiger charge is 2.03. The van der Waals surface area contributed by atoms with Crippen molar-refractivity contribution in [1.82, 2.24) is 5.32 Å². The molecule has 0 unspecified atom stereocenters. The minimum absolute atomic E-state index is 0.174. The summed E-state index contributed by atoms with van der Waals surface area (Å²) in [6.07, 6.45) is 0. The van der Waals surface area contributed by atoms with E-state index in [1.54, 1.807) is 6.07 Å². The van der Waals surface area contributed by atoms with Crippen LogP contribution in [0.5, 0.6) is 11.5 Å². The Morgan fingerprint density at radius 2 is 1.70 bits per heavy atom. The second-order valence-electron chi connectivity index (χ2n) is 4.47. The molecule has 4 heteroatoms. The predicted molar refractivity (Wildman–Crippen MR) is 81.3 cm³/mol. The molecule has 20 heavy (non-hydrogen) atoms. The number of phenolic OH excluding ortho intramolecular Hbond substituents is 1. The molecular formula is C16H18ClNO2. The molecule has 0 aliphatic heterocycles. The van der Waals surface area contributed by atoms with Crippen molar-refractivity contribution in [3.8, 4) is 11.5 Å². The molecule has 0 heterocycles. The first-order chi connectivity index (χ1) is 9.69. The lowest BCUT2D eigenvalue weighted by atomic mass is 10.2. The summed E-state index contributed by atoms with van der Waals surface area (Å²) in [4.78, 5) is 0. The normalized spacial score (nSPS) is 10.5.